The van der Waals surface area contributed by atoms with Crippen molar-refractivity contribution in [3.8, 4) is 0 Å². The molecule has 0 atom stereocenters. The number of nitrogens with zero attached hydrogens (tertiary/aromatic N) is 2. The highest BCUT2D eigenvalue weighted by atomic mass is 79.9. The lowest BCUT2D eigenvalue weighted by Gasteiger charge is -2.38. The summed E-state index contributed by atoms with van der Waals surface area (Å²) < 4.78 is 0.976. The minimum Gasteiger partial charge on any atom is -0.338 e. The highest BCUT2D eigenvalue weighted by molar-refractivity contribution is 9.10. The third-order valence-corrected chi connectivity index (χ3v) is 5.51. The number of rotatable bonds is 3. The van der Waals surface area contributed by atoms with Crippen LogP contribution in [0.15, 0.2) is 51.9 Å². The molecule has 142 valence electrons. The van der Waals surface area contributed by atoms with E-state index in [1.54, 1.807) is 4.90 Å². The predicted molar refractivity (Wildman–Crippen MR) is 107 cm³/mol. The molecule has 1 aromatic carbocycles. The van der Waals surface area contributed by atoms with Gasteiger partial charge in [-0.2, -0.15) is 0 Å². The number of aromatic amines is 1. The first-order chi connectivity index (χ1) is 12.8. The van der Waals surface area contributed by atoms with Crippen LogP contribution in [0.4, 0.5) is 0 Å². The Kier molecular flexibility index (Phi) is 5.51. The summed E-state index contributed by atoms with van der Waals surface area (Å²) in [6.07, 6.45) is 1.43. The molecule has 0 aliphatic carbocycles. The van der Waals surface area contributed by atoms with Gasteiger partial charge < -0.3 is 14.8 Å². The summed E-state index contributed by atoms with van der Waals surface area (Å²) in [7, 11) is 0. The monoisotopic (exact) mass is 431 g/mol. The van der Waals surface area contributed by atoms with E-state index in [4.69, 9.17) is 0 Å². The molecule has 2 heterocycles. The van der Waals surface area contributed by atoms with Crippen LogP contribution in [0.5, 0.6) is 0 Å². The minimum absolute atomic E-state index is 0.0564. The lowest BCUT2D eigenvalue weighted by molar-refractivity contribution is -0.137. The summed E-state index contributed by atoms with van der Waals surface area (Å²) in [6, 6.07) is 10.6. The smallest absolute Gasteiger partial charge is 0.255 e. The van der Waals surface area contributed by atoms with Crippen molar-refractivity contribution in [3.05, 3.63) is 68.5 Å². The van der Waals surface area contributed by atoms with Gasteiger partial charge in [0.2, 0.25) is 11.5 Å². The van der Waals surface area contributed by atoms with E-state index >= 15 is 0 Å². The van der Waals surface area contributed by atoms with Crippen LogP contribution in [0.2, 0.25) is 0 Å². The molecule has 1 aromatic heterocycles. The maximum absolute atomic E-state index is 13.1. The Morgan fingerprint density at radius 3 is 2.11 bits per heavy atom. The average molecular weight is 432 g/mol. The second-order valence-corrected chi connectivity index (χ2v) is 8.07. The van der Waals surface area contributed by atoms with Crippen LogP contribution in [0.25, 0.3) is 0 Å². The van der Waals surface area contributed by atoms with Crippen LogP contribution < -0.4 is 5.56 Å². The first-order valence-corrected chi connectivity index (χ1v) is 9.62. The van der Waals surface area contributed by atoms with Crippen molar-refractivity contribution < 1.29 is 9.59 Å². The fourth-order valence-corrected chi connectivity index (χ4v) is 3.49. The van der Waals surface area contributed by atoms with E-state index in [-0.39, 0.29) is 17.4 Å². The lowest BCUT2D eigenvalue weighted by Crippen LogP contribution is -2.54. The standard InChI is InChI=1S/C20H22BrN3O3/c1-20(2,15-4-6-16(21)7-5-15)19(27)24-11-9-23(10-12-24)18(26)14-3-8-17(25)22-13-14/h3-8,13H,9-12H2,1-2H3,(H,22,25). The Balaban J connectivity index is 1.65. The number of aromatic nitrogens is 1. The van der Waals surface area contributed by atoms with E-state index in [9.17, 15) is 14.4 Å². The van der Waals surface area contributed by atoms with Crippen LogP contribution in [0, 0.1) is 0 Å². The van der Waals surface area contributed by atoms with Crippen molar-refractivity contribution in [1.29, 1.82) is 0 Å². The SMILES string of the molecule is CC(C)(C(=O)N1CCN(C(=O)c2ccc(=O)[nH]c2)CC1)c1ccc(Br)cc1. The molecule has 6 nitrogen and oxygen atoms in total. The van der Waals surface area contributed by atoms with Gasteiger partial charge in [0.05, 0.1) is 11.0 Å². The molecule has 27 heavy (non-hydrogen) atoms. The summed E-state index contributed by atoms with van der Waals surface area (Å²) in [5.74, 6) is -0.0773. The van der Waals surface area contributed by atoms with Gasteiger partial charge in [0, 0.05) is 42.9 Å². The molecule has 3 rings (SSSR count). The van der Waals surface area contributed by atoms with Crippen LogP contribution in [0.1, 0.15) is 29.8 Å². The van der Waals surface area contributed by atoms with Crippen molar-refractivity contribution in [2.45, 2.75) is 19.3 Å². The zero-order valence-electron chi connectivity index (χ0n) is 15.4. The van der Waals surface area contributed by atoms with Gasteiger partial charge in [-0.3, -0.25) is 14.4 Å². The number of benzene rings is 1. The van der Waals surface area contributed by atoms with Crippen molar-refractivity contribution >= 4 is 27.7 Å². The topological polar surface area (TPSA) is 73.5 Å². The highest BCUT2D eigenvalue weighted by Gasteiger charge is 2.35. The van der Waals surface area contributed by atoms with Gasteiger partial charge in [-0.15, -0.1) is 0 Å². The number of H-pyrrole nitrogens is 1. The molecule has 1 N–H and O–H groups in total. The van der Waals surface area contributed by atoms with Crippen LogP contribution in [-0.4, -0.2) is 52.8 Å². The zero-order chi connectivity index (χ0) is 19.6. The number of hydrogen-bond donors (Lipinski definition) is 1. The van der Waals surface area contributed by atoms with Gasteiger partial charge in [0.15, 0.2) is 0 Å². The minimum atomic E-state index is -0.633. The Morgan fingerprint density at radius 2 is 1.56 bits per heavy atom. The molecule has 7 heteroatoms. The van der Waals surface area contributed by atoms with E-state index < -0.39 is 5.41 Å². The lowest BCUT2D eigenvalue weighted by atomic mass is 9.83. The second-order valence-electron chi connectivity index (χ2n) is 7.16. The number of carbonyl (C=O) groups excluding carboxylic acids is 2. The fraction of sp³-hybridized carbons (Fsp3) is 0.350. The number of amides is 2. The molecular weight excluding hydrogens is 410 g/mol. The van der Waals surface area contributed by atoms with E-state index in [2.05, 4.69) is 20.9 Å². The summed E-state index contributed by atoms with van der Waals surface area (Å²) in [6.45, 7) is 5.79. The Labute approximate surface area is 166 Å². The molecule has 0 bridgehead atoms. The maximum atomic E-state index is 13.1. The van der Waals surface area contributed by atoms with Gasteiger partial charge in [0.25, 0.3) is 5.91 Å². The van der Waals surface area contributed by atoms with Crippen molar-refractivity contribution in [2.24, 2.45) is 0 Å². The average Bonchev–Trinajstić information content (AvgIpc) is 2.68. The molecule has 1 aliphatic heterocycles. The first kappa shape index (κ1) is 19.4. The fourth-order valence-electron chi connectivity index (χ4n) is 3.22. The molecular formula is C20H22BrN3O3. The van der Waals surface area contributed by atoms with Crippen molar-refractivity contribution in [2.75, 3.05) is 26.2 Å². The summed E-state index contributed by atoms with van der Waals surface area (Å²) >= 11 is 3.42. The van der Waals surface area contributed by atoms with Crippen molar-refractivity contribution in [1.82, 2.24) is 14.8 Å². The number of pyridine rings is 1. The summed E-state index contributed by atoms with van der Waals surface area (Å²) in [5, 5.41) is 0. The Morgan fingerprint density at radius 1 is 0.963 bits per heavy atom. The third-order valence-electron chi connectivity index (χ3n) is 4.99. The molecule has 1 saturated heterocycles. The number of hydrogen-bond acceptors (Lipinski definition) is 3. The molecule has 2 amide bonds. The largest absolute Gasteiger partial charge is 0.338 e. The summed E-state index contributed by atoms with van der Waals surface area (Å²) in [5.41, 5.74) is 0.537. The first-order valence-electron chi connectivity index (χ1n) is 8.82. The molecule has 2 aromatic rings. The van der Waals surface area contributed by atoms with Gasteiger partial charge in [-0.05, 0) is 37.6 Å². The molecule has 0 unspecified atom stereocenters. The molecule has 0 saturated carbocycles. The molecule has 1 aliphatic rings. The molecule has 0 radical (unpaired) electrons. The van der Waals surface area contributed by atoms with E-state index in [1.807, 2.05) is 43.0 Å². The number of halogens is 1. The number of carbonyl (C=O) groups is 2. The second kappa shape index (κ2) is 7.68. The zero-order valence-corrected chi connectivity index (χ0v) is 17.0. The van der Waals surface area contributed by atoms with E-state index in [1.165, 1.54) is 18.3 Å². The number of nitrogens with one attached hydrogen (secondary N) is 1. The number of piperazine rings is 1. The normalized spacial score (nSPS) is 14.9. The van der Waals surface area contributed by atoms with E-state index in [0.29, 0.717) is 31.7 Å². The van der Waals surface area contributed by atoms with E-state index in [0.717, 1.165) is 10.0 Å². The Bertz CT molecular complexity index is 877. The third kappa shape index (κ3) is 4.13. The van der Waals surface area contributed by atoms with Crippen molar-refractivity contribution in [3.63, 3.8) is 0 Å². The van der Waals surface area contributed by atoms with Gasteiger partial charge in [0.1, 0.15) is 0 Å². The van der Waals surface area contributed by atoms with Gasteiger partial charge >= 0.3 is 0 Å². The molecule has 0 spiro atoms. The quantitative estimate of drug-likeness (QED) is 0.810. The maximum Gasteiger partial charge on any atom is 0.255 e. The predicted octanol–water partition coefficient (Wildman–Crippen LogP) is 2.40. The summed E-state index contributed by atoms with van der Waals surface area (Å²) in [4.78, 5) is 42.8. The van der Waals surface area contributed by atoms with Crippen LogP contribution in [0.3, 0.4) is 0 Å². The van der Waals surface area contributed by atoms with Gasteiger partial charge in [-0.25, -0.2) is 0 Å². The Hall–Kier alpha value is -2.41. The van der Waals surface area contributed by atoms with Crippen LogP contribution in [-0.2, 0) is 10.2 Å². The highest BCUT2D eigenvalue weighted by Crippen LogP contribution is 2.27. The van der Waals surface area contributed by atoms with Gasteiger partial charge in [-0.1, -0.05) is 28.1 Å². The molecule has 1 fully saturated rings. The van der Waals surface area contributed by atoms with Crippen LogP contribution >= 0.6 is 15.9 Å².